The van der Waals surface area contributed by atoms with E-state index in [-0.39, 0.29) is 10.7 Å². The van der Waals surface area contributed by atoms with Gasteiger partial charge in [-0.1, -0.05) is 12.1 Å². The van der Waals surface area contributed by atoms with Crippen LogP contribution >= 0.6 is 0 Å². The smallest absolute Gasteiger partial charge is 0.238 e. The van der Waals surface area contributed by atoms with Gasteiger partial charge >= 0.3 is 0 Å². The number of benzene rings is 2. The SMILES string of the molecule is CC1=NCCN(CC(Oc2ccc(S(N)(=O)=O)cc2)c2ccc(C)c(F)c2)C1. The normalized spacial score (nSPS) is 16.5. The van der Waals surface area contributed by atoms with E-state index < -0.39 is 16.1 Å². The summed E-state index contributed by atoms with van der Waals surface area (Å²) < 4.78 is 43.1. The number of rotatable bonds is 6. The molecule has 1 aliphatic heterocycles. The van der Waals surface area contributed by atoms with Gasteiger partial charge in [-0.2, -0.15) is 0 Å². The topological polar surface area (TPSA) is 85.0 Å². The summed E-state index contributed by atoms with van der Waals surface area (Å²) in [6.07, 6.45) is -0.415. The second kappa shape index (κ2) is 8.38. The number of halogens is 1. The van der Waals surface area contributed by atoms with Crippen molar-refractivity contribution in [3.8, 4) is 5.75 Å². The number of hydrogen-bond acceptors (Lipinski definition) is 5. The Hall–Kier alpha value is -2.29. The van der Waals surface area contributed by atoms with Crippen LogP contribution in [0.5, 0.6) is 5.75 Å². The molecule has 0 radical (unpaired) electrons. The molecule has 0 bridgehead atoms. The quantitative estimate of drug-likeness (QED) is 0.801. The maximum absolute atomic E-state index is 14.1. The molecule has 1 heterocycles. The predicted octanol–water partition coefficient (Wildman–Crippen LogP) is 2.68. The molecule has 0 aromatic heterocycles. The van der Waals surface area contributed by atoms with E-state index >= 15 is 0 Å². The van der Waals surface area contributed by atoms with E-state index in [1.54, 1.807) is 25.1 Å². The van der Waals surface area contributed by atoms with Crippen molar-refractivity contribution in [3.05, 3.63) is 59.4 Å². The summed E-state index contributed by atoms with van der Waals surface area (Å²) in [5, 5.41) is 5.14. The molecule has 150 valence electrons. The minimum Gasteiger partial charge on any atom is -0.484 e. The van der Waals surface area contributed by atoms with Crippen LogP contribution in [0.1, 0.15) is 24.2 Å². The van der Waals surface area contributed by atoms with Crippen molar-refractivity contribution in [2.45, 2.75) is 24.8 Å². The van der Waals surface area contributed by atoms with E-state index in [0.717, 1.165) is 30.9 Å². The van der Waals surface area contributed by atoms with Gasteiger partial charge in [0.25, 0.3) is 0 Å². The zero-order valence-corrected chi connectivity index (χ0v) is 16.7. The zero-order chi connectivity index (χ0) is 20.3. The summed E-state index contributed by atoms with van der Waals surface area (Å²) in [6, 6.07) is 11.0. The third-order valence-electron chi connectivity index (χ3n) is 4.67. The van der Waals surface area contributed by atoms with Crippen molar-refractivity contribution in [1.82, 2.24) is 4.90 Å². The molecule has 1 aliphatic rings. The summed E-state index contributed by atoms with van der Waals surface area (Å²) in [4.78, 5) is 6.63. The van der Waals surface area contributed by atoms with Crippen molar-refractivity contribution >= 4 is 15.7 Å². The van der Waals surface area contributed by atoms with Crippen LogP contribution in [0.2, 0.25) is 0 Å². The summed E-state index contributed by atoms with van der Waals surface area (Å²) in [7, 11) is -3.77. The maximum Gasteiger partial charge on any atom is 0.238 e. The van der Waals surface area contributed by atoms with Gasteiger partial charge in [0, 0.05) is 25.3 Å². The van der Waals surface area contributed by atoms with Crippen LogP contribution in [0.4, 0.5) is 4.39 Å². The molecule has 1 atom stereocenters. The number of nitrogens with two attached hydrogens (primary N) is 1. The fraction of sp³-hybridized carbons (Fsp3) is 0.350. The van der Waals surface area contributed by atoms with Gasteiger partial charge in [-0.15, -0.1) is 0 Å². The molecule has 8 heteroatoms. The van der Waals surface area contributed by atoms with Gasteiger partial charge in [-0.25, -0.2) is 17.9 Å². The van der Waals surface area contributed by atoms with E-state index in [2.05, 4.69) is 9.89 Å². The Morgan fingerprint density at radius 1 is 1.21 bits per heavy atom. The monoisotopic (exact) mass is 405 g/mol. The first-order chi connectivity index (χ1) is 13.2. The number of ether oxygens (including phenoxy) is 1. The number of nitrogens with zero attached hydrogens (tertiary/aromatic N) is 2. The fourth-order valence-corrected chi connectivity index (χ4v) is 3.63. The first-order valence-electron chi connectivity index (χ1n) is 9.00. The van der Waals surface area contributed by atoms with Crippen LogP contribution in [0.3, 0.4) is 0 Å². The van der Waals surface area contributed by atoms with E-state index in [1.165, 1.54) is 18.2 Å². The van der Waals surface area contributed by atoms with Gasteiger partial charge < -0.3 is 4.74 Å². The van der Waals surface area contributed by atoms with Gasteiger partial charge in [0.1, 0.15) is 17.7 Å². The Morgan fingerprint density at radius 3 is 2.54 bits per heavy atom. The van der Waals surface area contributed by atoms with Crippen LogP contribution in [-0.2, 0) is 10.0 Å². The molecular formula is C20H24FN3O3S. The second-order valence-corrected chi connectivity index (χ2v) is 8.55. The average molecular weight is 405 g/mol. The third-order valence-corrected chi connectivity index (χ3v) is 5.60. The molecule has 0 amide bonds. The molecule has 0 saturated carbocycles. The molecule has 2 aromatic rings. The fourth-order valence-electron chi connectivity index (χ4n) is 3.12. The van der Waals surface area contributed by atoms with Gasteiger partial charge in [0.05, 0.1) is 11.4 Å². The van der Waals surface area contributed by atoms with Crippen LogP contribution in [0, 0.1) is 12.7 Å². The van der Waals surface area contributed by atoms with Crippen molar-refractivity contribution in [3.63, 3.8) is 0 Å². The second-order valence-electron chi connectivity index (χ2n) is 6.98. The number of aliphatic imine (C=N–C) groups is 1. The third kappa shape index (κ3) is 5.15. The summed E-state index contributed by atoms with van der Waals surface area (Å²) >= 11 is 0. The zero-order valence-electron chi connectivity index (χ0n) is 15.9. The highest BCUT2D eigenvalue weighted by Crippen LogP contribution is 2.26. The highest BCUT2D eigenvalue weighted by Gasteiger charge is 2.21. The molecule has 0 fully saturated rings. The van der Waals surface area contributed by atoms with E-state index in [9.17, 15) is 12.8 Å². The molecule has 0 spiro atoms. The summed E-state index contributed by atoms with van der Waals surface area (Å²) in [5.74, 6) is 0.202. The van der Waals surface area contributed by atoms with Crippen LogP contribution in [-0.4, -0.2) is 45.2 Å². The first-order valence-corrected chi connectivity index (χ1v) is 10.5. The number of hydrogen-bond donors (Lipinski definition) is 1. The lowest BCUT2D eigenvalue weighted by molar-refractivity contribution is 0.142. The van der Waals surface area contributed by atoms with Crippen LogP contribution in [0.15, 0.2) is 52.4 Å². The van der Waals surface area contributed by atoms with Gasteiger partial charge in [-0.3, -0.25) is 9.89 Å². The van der Waals surface area contributed by atoms with E-state index in [1.807, 2.05) is 13.0 Å². The molecular weight excluding hydrogens is 381 g/mol. The Bertz CT molecular complexity index is 975. The highest BCUT2D eigenvalue weighted by atomic mass is 32.2. The minimum absolute atomic E-state index is 0.0145. The molecule has 1 unspecified atom stereocenters. The molecule has 28 heavy (non-hydrogen) atoms. The van der Waals surface area contributed by atoms with Gasteiger partial charge in [-0.05, 0) is 55.3 Å². The summed E-state index contributed by atoms with van der Waals surface area (Å²) in [5.41, 5.74) is 2.34. The Morgan fingerprint density at radius 2 is 1.93 bits per heavy atom. The van der Waals surface area contributed by atoms with Gasteiger partial charge in [0.15, 0.2) is 0 Å². The largest absolute Gasteiger partial charge is 0.484 e. The Kier molecular flexibility index (Phi) is 6.12. The van der Waals surface area contributed by atoms with E-state index in [4.69, 9.17) is 9.88 Å². The van der Waals surface area contributed by atoms with Crippen molar-refractivity contribution in [2.75, 3.05) is 26.2 Å². The first kappa shape index (κ1) is 20.4. The predicted molar refractivity (Wildman–Crippen MR) is 107 cm³/mol. The molecule has 2 N–H and O–H groups in total. The molecule has 6 nitrogen and oxygen atoms in total. The standard InChI is InChI=1S/C20H24FN3O3S/c1-14-3-4-16(11-19(14)21)20(13-24-10-9-23-15(2)12-24)27-17-5-7-18(8-6-17)28(22,25)26/h3-8,11,20H,9-10,12-13H2,1-2H3,(H2,22,25,26). The van der Waals surface area contributed by atoms with Crippen LogP contribution in [0.25, 0.3) is 0 Å². The highest BCUT2D eigenvalue weighted by molar-refractivity contribution is 7.89. The Labute approximate surface area is 164 Å². The van der Waals surface area contributed by atoms with E-state index in [0.29, 0.717) is 17.9 Å². The maximum atomic E-state index is 14.1. The number of sulfonamides is 1. The molecule has 3 rings (SSSR count). The number of primary sulfonamides is 1. The lowest BCUT2D eigenvalue weighted by atomic mass is 10.1. The number of aryl methyl sites for hydroxylation is 1. The minimum atomic E-state index is -3.77. The molecule has 0 aliphatic carbocycles. The summed E-state index contributed by atoms with van der Waals surface area (Å²) in [6.45, 7) is 6.52. The lowest BCUT2D eigenvalue weighted by Crippen LogP contribution is -2.39. The molecule has 0 saturated heterocycles. The average Bonchev–Trinajstić information content (AvgIpc) is 2.63. The lowest BCUT2D eigenvalue weighted by Gasteiger charge is -2.30. The Balaban J connectivity index is 1.85. The van der Waals surface area contributed by atoms with Crippen molar-refractivity contribution < 1.29 is 17.5 Å². The van der Waals surface area contributed by atoms with Crippen LogP contribution < -0.4 is 9.88 Å². The van der Waals surface area contributed by atoms with Gasteiger partial charge in [0.2, 0.25) is 10.0 Å². The van der Waals surface area contributed by atoms with Crippen molar-refractivity contribution in [1.29, 1.82) is 0 Å². The molecule has 2 aromatic carbocycles. The van der Waals surface area contributed by atoms with Crippen molar-refractivity contribution in [2.24, 2.45) is 10.1 Å².